The smallest absolute Gasteiger partial charge is 0.165 e. The van der Waals surface area contributed by atoms with Crippen LogP contribution in [0.5, 0.6) is 23.0 Å². The van der Waals surface area contributed by atoms with E-state index in [9.17, 15) is 9.50 Å². The molecule has 0 saturated heterocycles. The van der Waals surface area contributed by atoms with Crippen molar-refractivity contribution in [1.29, 1.82) is 0 Å². The summed E-state index contributed by atoms with van der Waals surface area (Å²) >= 11 is 0. The first-order valence-electron chi connectivity index (χ1n) is 14.9. The first kappa shape index (κ1) is 31.4. The number of ether oxygens (including phenoxy) is 4. The van der Waals surface area contributed by atoms with Crippen LogP contribution in [0.3, 0.4) is 0 Å². The Kier molecular flexibility index (Phi) is 11.7. The largest absolute Gasteiger partial charge is 0.508 e. The van der Waals surface area contributed by atoms with Crippen LogP contribution in [-0.4, -0.2) is 58.3 Å². The van der Waals surface area contributed by atoms with Gasteiger partial charge in [-0.2, -0.15) is 0 Å². The SMILES string of the molecule is CCOCCCNCCOc1ccc(CC(C)Nc2cc(OC)c(OC)cc2C2CCc3cc(O)ccc3C2)cc1F. The maximum absolute atomic E-state index is 14.8. The van der Waals surface area contributed by atoms with E-state index in [1.165, 1.54) is 16.7 Å². The molecule has 42 heavy (non-hydrogen) atoms. The predicted molar refractivity (Wildman–Crippen MR) is 165 cm³/mol. The average molecular weight is 581 g/mol. The van der Waals surface area contributed by atoms with Crippen molar-refractivity contribution in [1.82, 2.24) is 5.32 Å². The van der Waals surface area contributed by atoms with E-state index in [-0.39, 0.29) is 23.5 Å². The maximum Gasteiger partial charge on any atom is 0.165 e. The molecule has 0 aliphatic heterocycles. The molecule has 0 fully saturated rings. The summed E-state index contributed by atoms with van der Waals surface area (Å²) < 4.78 is 37.1. The number of methoxy groups -OCH3 is 2. The average Bonchev–Trinajstić information content (AvgIpc) is 2.98. The minimum atomic E-state index is -0.352. The Balaban J connectivity index is 1.39. The summed E-state index contributed by atoms with van der Waals surface area (Å²) in [7, 11) is 3.29. The quantitative estimate of drug-likeness (QED) is 0.173. The van der Waals surface area contributed by atoms with Crippen molar-refractivity contribution in [3.63, 3.8) is 0 Å². The van der Waals surface area contributed by atoms with E-state index >= 15 is 0 Å². The first-order chi connectivity index (χ1) is 20.4. The van der Waals surface area contributed by atoms with E-state index in [4.69, 9.17) is 18.9 Å². The third-order valence-corrected chi connectivity index (χ3v) is 7.74. The molecular weight excluding hydrogens is 535 g/mol. The standard InChI is InChI=1S/C34H45FN2O5/c1-5-41-15-6-13-36-14-16-42-32-12-7-24(18-30(32)35)17-23(2)37-31-22-34(40-4)33(39-3)21-29(31)27-9-8-26-20-28(38)11-10-25(26)19-27/h7,10-12,18,20-23,27,36-38H,5-6,8-9,13-17,19H2,1-4H3. The van der Waals surface area contributed by atoms with Gasteiger partial charge in [0.05, 0.1) is 14.2 Å². The highest BCUT2D eigenvalue weighted by Crippen LogP contribution is 2.42. The summed E-state index contributed by atoms with van der Waals surface area (Å²) in [5, 5.41) is 16.9. The van der Waals surface area contributed by atoms with Gasteiger partial charge in [0, 0.05) is 37.6 Å². The fraction of sp³-hybridized carbons (Fsp3) is 0.471. The van der Waals surface area contributed by atoms with Gasteiger partial charge >= 0.3 is 0 Å². The molecule has 1 aliphatic carbocycles. The summed E-state index contributed by atoms with van der Waals surface area (Å²) in [4.78, 5) is 0. The van der Waals surface area contributed by atoms with Crippen molar-refractivity contribution >= 4 is 5.69 Å². The van der Waals surface area contributed by atoms with Gasteiger partial charge in [-0.1, -0.05) is 12.1 Å². The van der Waals surface area contributed by atoms with Crippen molar-refractivity contribution in [3.05, 3.63) is 76.6 Å². The first-order valence-corrected chi connectivity index (χ1v) is 14.9. The number of aryl methyl sites for hydroxylation is 1. The molecular formula is C34H45FN2O5. The molecule has 3 N–H and O–H groups in total. The number of hydrogen-bond donors (Lipinski definition) is 3. The Morgan fingerprint density at radius 2 is 1.76 bits per heavy atom. The fourth-order valence-electron chi connectivity index (χ4n) is 5.62. The highest BCUT2D eigenvalue weighted by molar-refractivity contribution is 5.63. The normalized spacial score (nSPS) is 15.1. The number of anilines is 1. The van der Waals surface area contributed by atoms with Gasteiger partial charge < -0.3 is 34.7 Å². The van der Waals surface area contributed by atoms with Crippen LogP contribution in [0.25, 0.3) is 0 Å². The molecule has 0 spiro atoms. The lowest BCUT2D eigenvalue weighted by atomic mass is 9.79. The summed E-state index contributed by atoms with van der Waals surface area (Å²) in [5.74, 6) is 1.86. The predicted octanol–water partition coefficient (Wildman–Crippen LogP) is 6.26. The van der Waals surface area contributed by atoms with E-state index in [0.29, 0.717) is 36.8 Å². The van der Waals surface area contributed by atoms with Crippen LogP contribution in [0.15, 0.2) is 48.5 Å². The number of benzene rings is 3. The Labute approximate surface area is 249 Å². The summed E-state index contributed by atoms with van der Waals surface area (Å²) in [6, 6.07) is 15.0. The molecule has 3 aromatic rings. The Morgan fingerprint density at radius 1 is 0.952 bits per heavy atom. The molecule has 4 rings (SSSR count). The molecule has 3 aromatic carbocycles. The summed E-state index contributed by atoms with van der Waals surface area (Å²) in [5.41, 5.74) is 5.51. The van der Waals surface area contributed by atoms with Gasteiger partial charge in [0.1, 0.15) is 12.4 Å². The Hall–Kier alpha value is -3.49. The molecule has 228 valence electrons. The maximum atomic E-state index is 14.8. The van der Waals surface area contributed by atoms with Gasteiger partial charge in [-0.15, -0.1) is 0 Å². The second-order valence-electron chi connectivity index (χ2n) is 10.9. The molecule has 0 amide bonds. The van der Waals surface area contributed by atoms with Crippen molar-refractivity contribution in [2.24, 2.45) is 0 Å². The van der Waals surface area contributed by atoms with Crippen molar-refractivity contribution in [3.8, 4) is 23.0 Å². The molecule has 0 heterocycles. The lowest BCUT2D eigenvalue weighted by Gasteiger charge is -2.29. The molecule has 2 atom stereocenters. The van der Waals surface area contributed by atoms with Gasteiger partial charge in [0.15, 0.2) is 23.1 Å². The number of halogens is 1. The fourth-order valence-corrected chi connectivity index (χ4v) is 5.62. The van der Waals surface area contributed by atoms with Crippen LogP contribution in [0.4, 0.5) is 10.1 Å². The summed E-state index contributed by atoms with van der Waals surface area (Å²) in [6.45, 7) is 7.44. The minimum Gasteiger partial charge on any atom is -0.508 e. The van der Waals surface area contributed by atoms with Crippen LogP contribution in [0.1, 0.15) is 54.9 Å². The third kappa shape index (κ3) is 8.52. The number of hydrogen-bond acceptors (Lipinski definition) is 7. The zero-order chi connectivity index (χ0) is 29.9. The molecule has 0 radical (unpaired) electrons. The Morgan fingerprint density at radius 3 is 2.52 bits per heavy atom. The van der Waals surface area contributed by atoms with Crippen LogP contribution < -0.4 is 24.8 Å². The lowest BCUT2D eigenvalue weighted by molar-refractivity contribution is 0.144. The number of rotatable bonds is 16. The number of aromatic hydroxyl groups is 1. The number of phenolic OH excluding ortho intramolecular Hbond substituents is 1. The monoisotopic (exact) mass is 580 g/mol. The van der Waals surface area contributed by atoms with Crippen molar-refractivity contribution in [2.75, 3.05) is 52.4 Å². The molecule has 2 unspecified atom stereocenters. The van der Waals surface area contributed by atoms with Crippen LogP contribution in [0.2, 0.25) is 0 Å². The van der Waals surface area contributed by atoms with E-state index in [2.05, 4.69) is 23.6 Å². The van der Waals surface area contributed by atoms with Gasteiger partial charge in [0.2, 0.25) is 0 Å². The second kappa shape index (κ2) is 15.7. The van der Waals surface area contributed by atoms with Gasteiger partial charge in [0.25, 0.3) is 0 Å². The molecule has 0 bridgehead atoms. The zero-order valence-corrected chi connectivity index (χ0v) is 25.3. The van der Waals surface area contributed by atoms with Crippen molar-refractivity contribution < 1.29 is 28.4 Å². The molecule has 1 aliphatic rings. The highest BCUT2D eigenvalue weighted by Gasteiger charge is 2.25. The van der Waals surface area contributed by atoms with Crippen LogP contribution >= 0.6 is 0 Å². The second-order valence-corrected chi connectivity index (χ2v) is 10.9. The van der Waals surface area contributed by atoms with Gasteiger partial charge in [-0.3, -0.25) is 0 Å². The number of fused-ring (bicyclic) bond motifs is 1. The zero-order valence-electron chi connectivity index (χ0n) is 25.3. The number of nitrogens with one attached hydrogen (secondary N) is 2. The summed E-state index contributed by atoms with van der Waals surface area (Å²) in [6.07, 6.45) is 4.32. The van der Waals surface area contributed by atoms with Crippen LogP contribution in [-0.2, 0) is 24.0 Å². The van der Waals surface area contributed by atoms with E-state index in [0.717, 1.165) is 56.7 Å². The third-order valence-electron chi connectivity index (χ3n) is 7.74. The lowest BCUT2D eigenvalue weighted by Crippen LogP contribution is -2.23. The van der Waals surface area contributed by atoms with Gasteiger partial charge in [-0.25, -0.2) is 4.39 Å². The molecule has 8 heteroatoms. The van der Waals surface area contributed by atoms with E-state index in [1.807, 2.05) is 31.2 Å². The molecule has 0 saturated carbocycles. The minimum absolute atomic E-state index is 0.0294. The van der Waals surface area contributed by atoms with Gasteiger partial charge in [-0.05, 0) is 111 Å². The highest BCUT2D eigenvalue weighted by atomic mass is 19.1. The van der Waals surface area contributed by atoms with E-state index < -0.39 is 0 Å². The molecule has 0 aromatic heterocycles. The number of phenols is 1. The van der Waals surface area contributed by atoms with E-state index in [1.54, 1.807) is 32.4 Å². The van der Waals surface area contributed by atoms with Crippen molar-refractivity contribution in [2.45, 2.75) is 57.9 Å². The molecule has 7 nitrogen and oxygen atoms in total. The topological polar surface area (TPSA) is 81.2 Å². The Bertz CT molecular complexity index is 1300. The van der Waals surface area contributed by atoms with Crippen LogP contribution in [0, 0.1) is 5.82 Å².